The standard InChI is InChI=1S/C16H20N4O2S.ClH/c1-2-22-12-4-3-7-18-14(12)15(21)20-16-19-10-13(23-16)11-5-8-17-9-6-11;/h3-4,7,10-11,17H,2,5-6,8-9H2,1H3,(H,19,20,21);1H. The van der Waals surface area contributed by atoms with Crippen LogP contribution in [0.3, 0.4) is 0 Å². The number of aromatic nitrogens is 2. The Morgan fingerprint density at radius 2 is 2.21 bits per heavy atom. The van der Waals surface area contributed by atoms with Crippen LogP contribution in [0, 0.1) is 0 Å². The molecule has 0 saturated carbocycles. The molecular formula is C16H21ClN4O2S. The number of carbonyl (C=O) groups excluding carboxylic acids is 1. The molecule has 1 aliphatic heterocycles. The van der Waals surface area contributed by atoms with Gasteiger partial charge in [0.05, 0.1) is 6.61 Å². The van der Waals surface area contributed by atoms with Gasteiger partial charge in [-0.15, -0.1) is 23.7 Å². The number of nitrogens with zero attached hydrogens (tertiary/aromatic N) is 2. The molecule has 2 N–H and O–H groups in total. The smallest absolute Gasteiger partial charge is 0.279 e. The third kappa shape index (κ3) is 4.43. The number of carbonyl (C=O) groups is 1. The molecule has 1 saturated heterocycles. The van der Waals surface area contributed by atoms with Gasteiger partial charge in [-0.25, -0.2) is 9.97 Å². The van der Waals surface area contributed by atoms with E-state index in [-0.39, 0.29) is 24.0 Å². The van der Waals surface area contributed by atoms with Gasteiger partial charge in [-0.3, -0.25) is 10.1 Å². The summed E-state index contributed by atoms with van der Waals surface area (Å²) >= 11 is 1.54. The van der Waals surface area contributed by atoms with Gasteiger partial charge < -0.3 is 10.1 Å². The molecule has 2 aromatic rings. The maximum atomic E-state index is 12.4. The van der Waals surface area contributed by atoms with Crippen LogP contribution in [0.2, 0.25) is 0 Å². The van der Waals surface area contributed by atoms with Crippen molar-refractivity contribution in [3.05, 3.63) is 35.1 Å². The van der Waals surface area contributed by atoms with Crippen LogP contribution in [-0.4, -0.2) is 35.6 Å². The predicted molar refractivity (Wildman–Crippen MR) is 97.6 cm³/mol. The van der Waals surface area contributed by atoms with Gasteiger partial charge in [-0.05, 0) is 50.9 Å². The summed E-state index contributed by atoms with van der Waals surface area (Å²) in [6.45, 7) is 4.44. The largest absolute Gasteiger partial charge is 0.491 e. The molecule has 3 heterocycles. The van der Waals surface area contributed by atoms with Crippen molar-refractivity contribution in [3.63, 3.8) is 0 Å². The summed E-state index contributed by atoms with van der Waals surface area (Å²) in [4.78, 5) is 22.1. The molecule has 0 spiro atoms. The molecule has 2 aromatic heterocycles. The fraction of sp³-hybridized carbons (Fsp3) is 0.438. The third-order valence-electron chi connectivity index (χ3n) is 3.77. The van der Waals surface area contributed by atoms with Gasteiger partial charge in [0.2, 0.25) is 0 Å². The molecule has 0 aromatic carbocycles. The Morgan fingerprint density at radius 1 is 1.42 bits per heavy atom. The van der Waals surface area contributed by atoms with Gasteiger partial charge >= 0.3 is 0 Å². The van der Waals surface area contributed by atoms with E-state index < -0.39 is 0 Å². The lowest BCUT2D eigenvalue weighted by atomic mass is 9.97. The van der Waals surface area contributed by atoms with Crippen molar-refractivity contribution in [2.75, 3.05) is 25.0 Å². The fourth-order valence-electron chi connectivity index (χ4n) is 2.63. The molecule has 130 valence electrons. The second-order valence-electron chi connectivity index (χ2n) is 5.33. The second kappa shape index (κ2) is 8.96. The van der Waals surface area contributed by atoms with Crippen LogP contribution in [0.25, 0.3) is 0 Å². The number of nitrogens with one attached hydrogen (secondary N) is 2. The number of thiazole rings is 1. The molecule has 24 heavy (non-hydrogen) atoms. The molecule has 0 bridgehead atoms. The van der Waals surface area contributed by atoms with Gasteiger partial charge in [0.25, 0.3) is 5.91 Å². The number of halogens is 1. The minimum atomic E-state index is -0.291. The summed E-state index contributed by atoms with van der Waals surface area (Å²) in [5, 5.41) is 6.79. The zero-order valence-electron chi connectivity index (χ0n) is 13.4. The van der Waals surface area contributed by atoms with Crippen LogP contribution in [0.4, 0.5) is 5.13 Å². The van der Waals surface area contributed by atoms with E-state index in [0.717, 1.165) is 25.9 Å². The number of ether oxygens (including phenoxy) is 1. The molecule has 0 aliphatic carbocycles. The molecule has 6 nitrogen and oxygen atoms in total. The highest BCUT2D eigenvalue weighted by Gasteiger charge is 2.20. The van der Waals surface area contributed by atoms with Crippen LogP contribution in [0.1, 0.15) is 41.0 Å². The first kappa shape index (κ1) is 18.6. The quantitative estimate of drug-likeness (QED) is 0.848. The predicted octanol–water partition coefficient (Wildman–Crippen LogP) is 3.08. The van der Waals surface area contributed by atoms with Crippen LogP contribution >= 0.6 is 23.7 Å². The van der Waals surface area contributed by atoms with Gasteiger partial charge in [0.15, 0.2) is 16.6 Å². The Kier molecular flexibility index (Phi) is 6.96. The summed E-state index contributed by atoms with van der Waals surface area (Å²) < 4.78 is 5.45. The number of anilines is 1. The first-order valence-corrected chi connectivity index (χ1v) is 8.65. The van der Waals surface area contributed by atoms with Crippen molar-refractivity contribution < 1.29 is 9.53 Å². The van der Waals surface area contributed by atoms with Crippen LogP contribution in [0.15, 0.2) is 24.5 Å². The fourth-order valence-corrected chi connectivity index (χ4v) is 3.61. The number of hydrogen-bond acceptors (Lipinski definition) is 6. The van der Waals surface area contributed by atoms with E-state index in [1.54, 1.807) is 29.7 Å². The van der Waals surface area contributed by atoms with Crippen LogP contribution in [-0.2, 0) is 0 Å². The summed E-state index contributed by atoms with van der Waals surface area (Å²) in [6, 6.07) is 3.49. The maximum Gasteiger partial charge on any atom is 0.279 e. The van der Waals surface area contributed by atoms with E-state index in [2.05, 4.69) is 20.6 Å². The van der Waals surface area contributed by atoms with Crippen molar-refractivity contribution in [2.45, 2.75) is 25.7 Å². The molecule has 3 rings (SSSR count). The van der Waals surface area contributed by atoms with E-state index in [4.69, 9.17) is 4.74 Å². The van der Waals surface area contributed by atoms with E-state index in [0.29, 0.717) is 23.4 Å². The summed E-state index contributed by atoms with van der Waals surface area (Å²) in [6.07, 6.45) is 5.69. The third-order valence-corrected chi connectivity index (χ3v) is 4.85. The highest BCUT2D eigenvalue weighted by atomic mass is 35.5. The maximum absolute atomic E-state index is 12.4. The first-order valence-electron chi connectivity index (χ1n) is 7.83. The number of piperidine rings is 1. The van der Waals surface area contributed by atoms with E-state index >= 15 is 0 Å². The molecule has 0 radical (unpaired) electrons. The molecule has 0 atom stereocenters. The topological polar surface area (TPSA) is 76.1 Å². The summed E-state index contributed by atoms with van der Waals surface area (Å²) in [7, 11) is 0. The molecular weight excluding hydrogens is 348 g/mol. The van der Waals surface area contributed by atoms with Gasteiger partial charge in [0.1, 0.15) is 0 Å². The van der Waals surface area contributed by atoms with Crippen molar-refractivity contribution in [1.82, 2.24) is 15.3 Å². The Balaban J connectivity index is 0.00000208. The van der Waals surface area contributed by atoms with E-state index in [9.17, 15) is 4.79 Å². The SMILES string of the molecule is CCOc1cccnc1C(=O)Nc1ncc(C2CCNCC2)s1.Cl. The van der Waals surface area contributed by atoms with Gasteiger partial charge in [-0.1, -0.05) is 0 Å². The molecule has 1 amide bonds. The van der Waals surface area contributed by atoms with Crippen molar-refractivity contribution in [2.24, 2.45) is 0 Å². The van der Waals surface area contributed by atoms with Crippen molar-refractivity contribution in [1.29, 1.82) is 0 Å². The van der Waals surface area contributed by atoms with Crippen molar-refractivity contribution in [3.8, 4) is 5.75 Å². The highest BCUT2D eigenvalue weighted by Crippen LogP contribution is 2.32. The number of pyridine rings is 1. The zero-order valence-corrected chi connectivity index (χ0v) is 15.1. The monoisotopic (exact) mass is 368 g/mol. The number of rotatable bonds is 5. The average molecular weight is 369 g/mol. The Morgan fingerprint density at radius 3 is 2.96 bits per heavy atom. The second-order valence-corrected chi connectivity index (χ2v) is 6.39. The van der Waals surface area contributed by atoms with Crippen molar-refractivity contribution >= 4 is 34.8 Å². The van der Waals surface area contributed by atoms with E-state index in [1.807, 2.05) is 13.1 Å². The average Bonchev–Trinajstić information content (AvgIpc) is 3.05. The minimum absolute atomic E-state index is 0. The molecule has 1 fully saturated rings. The normalized spacial score (nSPS) is 14.7. The Bertz CT molecular complexity index is 674. The lowest BCUT2D eigenvalue weighted by Crippen LogP contribution is -2.26. The first-order chi connectivity index (χ1) is 11.3. The number of hydrogen-bond donors (Lipinski definition) is 2. The Labute approximate surface area is 151 Å². The van der Waals surface area contributed by atoms with Crippen LogP contribution in [0.5, 0.6) is 5.75 Å². The molecule has 0 unspecified atom stereocenters. The summed E-state index contributed by atoms with van der Waals surface area (Å²) in [5.74, 6) is 0.733. The minimum Gasteiger partial charge on any atom is -0.491 e. The molecule has 1 aliphatic rings. The van der Waals surface area contributed by atoms with E-state index in [1.165, 1.54) is 4.88 Å². The lowest BCUT2D eigenvalue weighted by molar-refractivity contribution is 0.101. The highest BCUT2D eigenvalue weighted by molar-refractivity contribution is 7.15. The Hall–Kier alpha value is -1.70. The lowest BCUT2D eigenvalue weighted by Gasteiger charge is -2.20. The molecule has 8 heteroatoms. The zero-order chi connectivity index (χ0) is 16.1. The summed E-state index contributed by atoms with van der Waals surface area (Å²) in [5.41, 5.74) is 0.285. The number of amides is 1. The van der Waals surface area contributed by atoms with Gasteiger partial charge in [-0.2, -0.15) is 0 Å². The van der Waals surface area contributed by atoms with Crippen LogP contribution < -0.4 is 15.4 Å². The van der Waals surface area contributed by atoms with Gasteiger partial charge in [0, 0.05) is 17.3 Å².